The van der Waals surface area contributed by atoms with Crippen LogP contribution in [-0.2, 0) is 16.4 Å². The summed E-state index contributed by atoms with van der Waals surface area (Å²) in [5.41, 5.74) is 3.11. The van der Waals surface area contributed by atoms with Crippen molar-refractivity contribution in [3.05, 3.63) is 35.5 Å². The molecular weight excluding hydrogens is 304 g/mol. The monoisotopic (exact) mass is 316 g/mol. The topological polar surface area (TPSA) is 126 Å². The fourth-order valence-corrected chi connectivity index (χ4v) is 2.79. The molecule has 0 atom stereocenters. The van der Waals surface area contributed by atoms with Crippen LogP contribution in [0.3, 0.4) is 0 Å². The first-order valence-electron chi connectivity index (χ1n) is 5.62. The highest BCUT2D eigenvalue weighted by atomic mass is 35.5. The van der Waals surface area contributed by atoms with Crippen LogP contribution in [0, 0.1) is 0 Å². The number of nitrogens with zero attached hydrogens (tertiary/aromatic N) is 2. The van der Waals surface area contributed by atoms with Crippen LogP contribution in [0.5, 0.6) is 0 Å². The molecule has 5 N–H and O–H groups in total. The summed E-state index contributed by atoms with van der Waals surface area (Å²) in [6.45, 7) is 0.235. The second kappa shape index (κ2) is 6.18. The second-order valence-electron chi connectivity index (χ2n) is 3.87. The van der Waals surface area contributed by atoms with Crippen LogP contribution < -0.4 is 16.0 Å². The molecule has 0 aliphatic heterocycles. The molecule has 0 fully saturated rings. The van der Waals surface area contributed by atoms with Crippen LogP contribution in [0.2, 0.25) is 5.02 Å². The van der Waals surface area contributed by atoms with Crippen molar-refractivity contribution in [2.45, 2.75) is 11.3 Å². The number of pyridine rings is 1. The Kier molecular flexibility index (Phi) is 4.55. The molecular formula is C10H13ClN6O2S. The van der Waals surface area contributed by atoms with Gasteiger partial charge in [0.25, 0.3) is 0 Å². The van der Waals surface area contributed by atoms with E-state index < -0.39 is 10.0 Å². The zero-order valence-corrected chi connectivity index (χ0v) is 11.9. The minimum absolute atomic E-state index is 0.0221. The molecule has 10 heteroatoms. The van der Waals surface area contributed by atoms with E-state index in [1.54, 1.807) is 6.20 Å². The van der Waals surface area contributed by atoms with Crippen molar-refractivity contribution in [3.63, 3.8) is 0 Å². The van der Waals surface area contributed by atoms with Crippen LogP contribution in [-0.4, -0.2) is 29.9 Å². The summed E-state index contributed by atoms with van der Waals surface area (Å²) in [6.07, 6.45) is 4.85. The lowest BCUT2D eigenvalue weighted by Crippen LogP contribution is -2.26. The lowest BCUT2D eigenvalue weighted by atomic mass is 10.3. The number of aromatic amines is 1. The van der Waals surface area contributed by atoms with Crippen LogP contribution in [0.1, 0.15) is 5.69 Å². The average molecular weight is 317 g/mol. The number of nitrogen functional groups attached to an aromatic ring is 1. The van der Waals surface area contributed by atoms with E-state index in [4.69, 9.17) is 17.4 Å². The molecule has 2 rings (SSSR count). The first-order valence-corrected chi connectivity index (χ1v) is 7.48. The Bertz CT molecular complexity index is 673. The molecule has 20 heavy (non-hydrogen) atoms. The standard InChI is InChI=1S/C10H13ClN6O2S/c11-9-3-8(5-14-10(9)17-12)20(18,19)16-2-1-7-4-13-6-15-7/h3-6,16H,1-2,12H2,(H,13,15)(H,14,17). The predicted molar refractivity (Wildman–Crippen MR) is 74.5 cm³/mol. The van der Waals surface area contributed by atoms with E-state index in [0.29, 0.717) is 6.42 Å². The van der Waals surface area contributed by atoms with E-state index in [-0.39, 0.29) is 22.3 Å². The number of rotatable bonds is 6. The van der Waals surface area contributed by atoms with E-state index in [1.165, 1.54) is 18.6 Å². The summed E-state index contributed by atoms with van der Waals surface area (Å²) in [4.78, 5) is 10.5. The van der Waals surface area contributed by atoms with Gasteiger partial charge in [0.15, 0.2) is 5.82 Å². The van der Waals surface area contributed by atoms with Crippen molar-refractivity contribution in [1.29, 1.82) is 0 Å². The van der Waals surface area contributed by atoms with Crippen LogP contribution in [0.15, 0.2) is 29.7 Å². The number of nitrogens with one attached hydrogen (secondary N) is 3. The van der Waals surface area contributed by atoms with Gasteiger partial charge in [-0.3, -0.25) is 0 Å². The number of imidazole rings is 1. The number of hydrogen-bond donors (Lipinski definition) is 4. The van der Waals surface area contributed by atoms with Crippen molar-refractivity contribution < 1.29 is 8.42 Å². The van der Waals surface area contributed by atoms with Crippen molar-refractivity contribution in [1.82, 2.24) is 19.7 Å². The molecule has 0 bridgehead atoms. The quantitative estimate of drug-likeness (QED) is 0.447. The molecule has 0 saturated heterocycles. The lowest BCUT2D eigenvalue weighted by Gasteiger charge is -2.08. The highest BCUT2D eigenvalue weighted by Crippen LogP contribution is 2.21. The molecule has 0 unspecified atom stereocenters. The number of nitrogens with two attached hydrogens (primary N) is 1. The molecule has 108 valence electrons. The number of aromatic nitrogens is 3. The van der Waals surface area contributed by atoms with Gasteiger partial charge < -0.3 is 10.4 Å². The summed E-state index contributed by atoms with van der Waals surface area (Å²) in [6, 6.07) is 1.28. The fourth-order valence-electron chi connectivity index (χ4n) is 1.50. The lowest BCUT2D eigenvalue weighted by molar-refractivity contribution is 0.581. The fraction of sp³-hybridized carbons (Fsp3) is 0.200. The van der Waals surface area contributed by atoms with Gasteiger partial charge >= 0.3 is 0 Å². The first kappa shape index (κ1) is 14.7. The summed E-state index contributed by atoms with van der Waals surface area (Å²) in [5.74, 6) is 5.38. The molecule has 2 aromatic rings. The third-order valence-electron chi connectivity index (χ3n) is 2.50. The Labute approximate surface area is 120 Å². The summed E-state index contributed by atoms with van der Waals surface area (Å²) >= 11 is 5.84. The third-order valence-corrected chi connectivity index (χ3v) is 4.22. The Hall–Kier alpha value is -1.68. The maximum absolute atomic E-state index is 12.0. The molecule has 0 aliphatic rings. The Morgan fingerprint density at radius 1 is 1.40 bits per heavy atom. The van der Waals surface area contributed by atoms with Crippen molar-refractivity contribution in [2.75, 3.05) is 12.0 Å². The molecule has 0 saturated carbocycles. The maximum Gasteiger partial charge on any atom is 0.242 e. The highest BCUT2D eigenvalue weighted by Gasteiger charge is 2.16. The molecule has 0 aromatic carbocycles. The smallest absolute Gasteiger partial charge is 0.242 e. The second-order valence-corrected chi connectivity index (χ2v) is 6.04. The Morgan fingerprint density at radius 2 is 2.20 bits per heavy atom. The minimum Gasteiger partial charge on any atom is -0.348 e. The number of anilines is 1. The molecule has 2 aromatic heterocycles. The van der Waals surface area contributed by atoms with Crippen LogP contribution >= 0.6 is 11.6 Å². The normalized spacial score (nSPS) is 11.5. The van der Waals surface area contributed by atoms with Gasteiger partial charge in [-0.1, -0.05) is 11.6 Å². The van der Waals surface area contributed by atoms with Gasteiger partial charge in [0.05, 0.1) is 11.3 Å². The molecule has 0 aliphatic carbocycles. The highest BCUT2D eigenvalue weighted by molar-refractivity contribution is 7.89. The van der Waals surface area contributed by atoms with Gasteiger partial charge in [-0.2, -0.15) is 0 Å². The number of sulfonamides is 1. The van der Waals surface area contributed by atoms with Crippen molar-refractivity contribution in [3.8, 4) is 0 Å². The van der Waals surface area contributed by atoms with Crippen molar-refractivity contribution in [2.24, 2.45) is 5.84 Å². The molecule has 2 heterocycles. The average Bonchev–Trinajstić information content (AvgIpc) is 2.91. The van der Waals surface area contributed by atoms with Gasteiger partial charge in [-0.15, -0.1) is 0 Å². The van der Waals surface area contributed by atoms with Gasteiger partial charge in [-0.05, 0) is 6.07 Å². The molecule has 0 spiro atoms. The van der Waals surface area contributed by atoms with Gasteiger partial charge in [0.1, 0.15) is 4.90 Å². The zero-order valence-electron chi connectivity index (χ0n) is 10.3. The molecule has 0 amide bonds. The molecule has 8 nitrogen and oxygen atoms in total. The minimum atomic E-state index is -3.66. The predicted octanol–water partition coefficient (Wildman–Crippen LogP) is 0.265. The maximum atomic E-state index is 12.0. The Balaban J connectivity index is 2.04. The number of halogens is 1. The van der Waals surface area contributed by atoms with Crippen molar-refractivity contribution >= 4 is 27.4 Å². The molecule has 0 radical (unpaired) electrons. The van der Waals surface area contributed by atoms with E-state index in [0.717, 1.165) is 5.69 Å². The van der Waals surface area contributed by atoms with Gasteiger partial charge in [-0.25, -0.2) is 29.0 Å². The summed E-state index contributed by atoms with van der Waals surface area (Å²) in [7, 11) is -3.66. The summed E-state index contributed by atoms with van der Waals surface area (Å²) < 4.78 is 26.5. The zero-order chi connectivity index (χ0) is 14.6. The van der Waals surface area contributed by atoms with E-state index >= 15 is 0 Å². The SMILES string of the molecule is NNc1ncc(S(=O)(=O)NCCc2cnc[nH]2)cc1Cl. The van der Waals surface area contributed by atoms with E-state index in [2.05, 4.69) is 25.1 Å². The van der Waals surface area contributed by atoms with Crippen LogP contribution in [0.4, 0.5) is 5.82 Å². The largest absolute Gasteiger partial charge is 0.348 e. The van der Waals surface area contributed by atoms with E-state index in [1.807, 2.05) is 0 Å². The summed E-state index contributed by atoms with van der Waals surface area (Å²) in [5, 5.41) is 0.129. The van der Waals surface area contributed by atoms with Gasteiger partial charge in [0, 0.05) is 31.1 Å². The number of hydrogen-bond acceptors (Lipinski definition) is 6. The number of H-pyrrole nitrogens is 1. The first-order chi connectivity index (χ1) is 9.53. The van der Waals surface area contributed by atoms with Crippen LogP contribution in [0.25, 0.3) is 0 Å². The van der Waals surface area contributed by atoms with Gasteiger partial charge in [0.2, 0.25) is 10.0 Å². The number of hydrazine groups is 1. The Morgan fingerprint density at radius 3 is 2.80 bits per heavy atom. The van der Waals surface area contributed by atoms with E-state index in [9.17, 15) is 8.42 Å². The third kappa shape index (κ3) is 3.45.